The second kappa shape index (κ2) is 3.46. The van der Waals surface area contributed by atoms with E-state index in [1.54, 1.807) is 0 Å². The van der Waals surface area contributed by atoms with Crippen molar-refractivity contribution in [3.63, 3.8) is 0 Å². The molecule has 3 heteroatoms. The van der Waals surface area contributed by atoms with Gasteiger partial charge in [-0.1, -0.05) is 18.2 Å². The van der Waals surface area contributed by atoms with Crippen molar-refractivity contribution in [3.05, 3.63) is 48.3 Å². The molecule has 1 aromatic heterocycles. The predicted molar refractivity (Wildman–Crippen MR) is 61.6 cm³/mol. The summed E-state index contributed by atoms with van der Waals surface area (Å²) >= 11 is 0. The first-order valence-electron chi connectivity index (χ1n) is 5.55. The molecule has 0 unspecified atom stereocenters. The second-order valence-corrected chi connectivity index (χ2v) is 4.45. The van der Waals surface area contributed by atoms with Gasteiger partial charge in [0, 0.05) is 11.6 Å². The van der Waals surface area contributed by atoms with Gasteiger partial charge in [-0.3, -0.25) is 0 Å². The molecule has 2 aromatic rings. The summed E-state index contributed by atoms with van der Waals surface area (Å²) < 4.78 is 1.87. The Bertz CT molecular complexity index is 486. The number of benzene rings is 1. The first-order valence-corrected chi connectivity index (χ1v) is 5.55. The molecule has 1 aliphatic rings. The van der Waals surface area contributed by atoms with Crippen LogP contribution in [0.1, 0.15) is 18.4 Å². The lowest BCUT2D eigenvalue weighted by Crippen LogP contribution is -2.10. The maximum Gasteiger partial charge on any atom is 0.0645 e. The Morgan fingerprint density at radius 1 is 1.25 bits per heavy atom. The zero-order valence-electron chi connectivity index (χ0n) is 9.00. The fraction of sp³-hybridized carbons (Fsp3) is 0.308. The van der Waals surface area contributed by atoms with Crippen LogP contribution in [0.2, 0.25) is 0 Å². The number of aliphatic hydroxyl groups is 1. The normalized spacial score (nSPS) is 17.3. The summed E-state index contributed by atoms with van der Waals surface area (Å²) in [6.07, 6.45) is 6.04. The van der Waals surface area contributed by atoms with Crippen molar-refractivity contribution in [1.29, 1.82) is 0 Å². The summed E-state index contributed by atoms with van der Waals surface area (Å²) in [4.78, 5) is 0. The molecule has 0 atom stereocenters. The molecule has 0 bridgehead atoms. The van der Waals surface area contributed by atoms with Crippen LogP contribution in [-0.2, 0) is 5.41 Å². The topological polar surface area (TPSA) is 38.1 Å². The zero-order valence-corrected chi connectivity index (χ0v) is 9.00. The number of para-hydroxylation sites is 1. The highest BCUT2D eigenvalue weighted by atomic mass is 16.3. The summed E-state index contributed by atoms with van der Waals surface area (Å²) in [7, 11) is 0. The van der Waals surface area contributed by atoms with Crippen LogP contribution in [0.5, 0.6) is 0 Å². The van der Waals surface area contributed by atoms with E-state index in [1.807, 2.05) is 47.4 Å². The molecule has 82 valence electrons. The van der Waals surface area contributed by atoms with Gasteiger partial charge in [-0.2, -0.15) is 5.10 Å². The van der Waals surface area contributed by atoms with Crippen molar-refractivity contribution >= 4 is 0 Å². The van der Waals surface area contributed by atoms with Crippen molar-refractivity contribution in [1.82, 2.24) is 9.78 Å². The van der Waals surface area contributed by atoms with Gasteiger partial charge in [0.1, 0.15) is 0 Å². The Labute approximate surface area is 94.3 Å². The third-order valence-corrected chi connectivity index (χ3v) is 3.37. The van der Waals surface area contributed by atoms with Gasteiger partial charge in [0.25, 0.3) is 0 Å². The molecule has 0 radical (unpaired) electrons. The lowest BCUT2D eigenvalue weighted by Gasteiger charge is -2.07. The number of aliphatic hydroxyl groups excluding tert-OH is 1. The third-order valence-electron chi connectivity index (χ3n) is 3.37. The minimum absolute atomic E-state index is 0.00697. The Hall–Kier alpha value is -1.61. The first kappa shape index (κ1) is 9.60. The van der Waals surface area contributed by atoms with E-state index in [4.69, 9.17) is 0 Å². The summed E-state index contributed by atoms with van der Waals surface area (Å²) in [5.74, 6) is 0. The number of hydrogen-bond acceptors (Lipinski definition) is 2. The van der Waals surface area contributed by atoms with E-state index in [-0.39, 0.29) is 12.0 Å². The van der Waals surface area contributed by atoms with Crippen LogP contribution < -0.4 is 0 Å². The van der Waals surface area contributed by atoms with Gasteiger partial charge in [-0.05, 0) is 30.5 Å². The minimum atomic E-state index is 0.00697. The highest BCUT2D eigenvalue weighted by Gasteiger charge is 2.44. The van der Waals surface area contributed by atoms with E-state index in [9.17, 15) is 5.11 Å². The zero-order chi connectivity index (χ0) is 11.0. The Kier molecular flexibility index (Phi) is 2.07. The van der Waals surface area contributed by atoms with E-state index in [0.29, 0.717) is 0 Å². The molecule has 1 N–H and O–H groups in total. The Morgan fingerprint density at radius 3 is 2.62 bits per heavy atom. The van der Waals surface area contributed by atoms with E-state index >= 15 is 0 Å². The number of rotatable bonds is 3. The molecule has 1 aromatic carbocycles. The molecule has 3 rings (SSSR count). The lowest BCUT2D eigenvalue weighted by molar-refractivity contribution is 0.255. The van der Waals surface area contributed by atoms with Crippen LogP contribution >= 0.6 is 0 Å². The van der Waals surface area contributed by atoms with Gasteiger partial charge in [0.15, 0.2) is 0 Å². The van der Waals surface area contributed by atoms with Gasteiger partial charge < -0.3 is 5.11 Å². The van der Waals surface area contributed by atoms with Crippen molar-refractivity contribution < 1.29 is 5.11 Å². The number of hydrogen-bond donors (Lipinski definition) is 1. The largest absolute Gasteiger partial charge is 0.395 e. The van der Waals surface area contributed by atoms with E-state index < -0.39 is 0 Å². The van der Waals surface area contributed by atoms with Crippen molar-refractivity contribution in [2.24, 2.45) is 0 Å². The number of aromatic nitrogens is 2. The lowest BCUT2D eigenvalue weighted by atomic mass is 10.0. The van der Waals surface area contributed by atoms with E-state index in [2.05, 4.69) is 5.10 Å². The SMILES string of the molecule is OCC1(c2cnn(-c3ccccc3)c2)CC1. The molecule has 1 saturated carbocycles. The Balaban J connectivity index is 1.94. The van der Waals surface area contributed by atoms with Crippen molar-refractivity contribution in [3.8, 4) is 5.69 Å². The molecule has 0 aliphatic heterocycles. The first-order chi connectivity index (χ1) is 7.84. The van der Waals surface area contributed by atoms with Crippen LogP contribution in [0.15, 0.2) is 42.7 Å². The summed E-state index contributed by atoms with van der Waals surface area (Å²) in [6, 6.07) is 10.0. The standard InChI is InChI=1S/C13H14N2O/c16-10-13(6-7-13)11-8-14-15(9-11)12-4-2-1-3-5-12/h1-5,8-9,16H,6-7,10H2. The van der Waals surface area contributed by atoms with Crippen LogP contribution in [0.4, 0.5) is 0 Å². The minimum Gasteiger partial charge on any atom is -0.395 e. The van der Waals surface area contributed by atoms with Gasteiger partial charge >= 0.3 is 0 Å². The summed E-state index contributed by atoms with van der Waals surface area (Å²) in [5.41, 5.74) is 2.22. The van der Waals surface area contributed by atoms with Gasteiger partial charge in [0.05, 0.1) is 18.5 Å². The highest BCUT2D eigenvalue weighted by molar-refractivity contribution is 5.34. The molecule has 1 heterocycles. The second-order valence-electron chi connectivity index (χ2n) is 4.45. The smallest absolute Gasteiger partial charge is 0.0645 e. The highest BCUT2D eigenvalue weighted by Crippen LogP contribution is 2.47. The van der Waals surface area contributed by atoms with Gasteiger partial charge in [-0.15, -0.1) is 0 Å². The molecule has 16 heavy (non-hydrogen) atoms. The fourth-order valence-corrected chi connectivity index (χ4v) is 2.01. The third kappa shape index (κ3) is 1.44. The molecular formula is C13H14N2O. The molecule has 0 spiro atoms. The van der Waals surface area contributed by atoms with Crippen LogP contribution in [0.25, 0.3) is 5.69 Å². The molecule has 1 fully saturated rings. The molecular weight excluding hydrogens is 200 g/mol. The van der Waals surface area contributed by atoms with Crippen molar-refractivity contribution in [2.75, 3.05) is 6.61 Å². The predicted octanol–water partition coefficient (Wildman–Crippen LogP) is 1.90. The summed E-state index contributed by atoms with van der Waals surface area (Å²) in [5, 5.41) is 13.7. The number of nitrogens with zero attached hydrogens (tertiary/aromatic N) is 2. The fourth-order valence-electron chi connectivity index (χ4n) is 2.01. The van der Waals surface area contributed by atoms with Crippen LogP contribution in [0.3, 0.4) is 0 Å². The van der Waals surface area contributed by atoms with E-state index in [1.165, 1.54) is 0 Å². The van der Waals surface area contributed by atoms with E-state index in [0.717, 1.165) is 24.1 Å². The Morgan fingerprint density at radius 2 is 2.00 bits per heavy atom. The quantitative estimate of drug-likeness (QED) is 0.847. The van der Waals surface area contributed by atoms with Crippen LogP contribution in [-0.4, -0.2) is 21.5 Å². The summed E-state index contributed by atoms with van der Waals surface area (Å²) in [6.45, 7) is 0.230. The maximum atomic E-state index is 9.35. The van der Waals surface area contributed by atoms with Gasteiger partial charge in [-0.25, -0.2) is 4.68 Å². The monoisotopic (exact) mass is 214 g/mol. The average Bonchev–Trinajstić information content (AvgIpc) is 3.00. The molecule has 1 aliphatic carbocycles. The average molecular weight is 214 g/mol. The molecule has 3 nitrogen and oxygen atoms in total. The molecule has 0 saturated heterocycles. The molecule has 0 amide bonds. The van der Waals surface area contributed by atoms with Crippen molar-refractivity contribution in [2.45, 2.75) is 18.3 Å². The maximum absolute atomic E-state index is 9.35. The van der Waals surface area contributed by atoms with Crippen LogP contribution in [0, 0.1) is 0 Å². The van der Waals surface area contributed by atoms with Gasteiger partial charge in [0.2, 0.25) is 0 Å².